The summed E-state index contributed by atoms with van der Waals surface area (Å²) in [6, 6.07) is 55.3. The molecule has 7 aromatic carbocycles. The summed E-state index contributed by atoms with van der Waals surface area (Å²) >= 11 is 0. The molecule has 1 unspecified atom stereocenters. The largest absolute Gasteiger partial charge is 0.456 e. The molecule has 0 N–H and O–H groups in total. The number of aromatic nitrogens is 3. The molecule has 1 aliphatic heterocycles. The van der Waals surface area contributed by atoms with Crippen molar-refractivity contribution in [2.45, 2.75) is 18.9 Å². The summed E-state index contributed by atoms with van der Waals surface area (Å²) < 4.78 is 6.12. The highest BCUT2D eigenvalue weighted by Gasteiger charge is 2.46. The van der Waals surface area contributed by atoms with Crippen molar-refractivity contribution in [2.24, 2.45) is 0 Å². The first-order valence-corrected chi connectivity index (χ1v) is 18.1. The van der Waals surface area contributed by atoms with Gasteiger partial charge in [-0.3, -0.25) is 0 Å². The minimum Gasteiger partial charge on any atom is -0.456 e. The SMILES string of the molecule is CC12CC=c3ccccc3=C1c1c(ccc3ccccc13)N2c1ccc(-c2nc(-c3ccccc3)nc(-c3ccc4oc5ccccc5c4c3)n2)cc1. The summed E-state index contributed by atoms with van der Waals surface area (Å²) in [6.45, 7) is 2.39. The van der Waals surface area contributed by atoms with Gasteiger partial charge in [-0.25, -0.2) is 15.0 Å². The third kappa shape index (κ3) is 4.54. The maximum atomic E-state index is 6.12. The van der Waals surface area contributed by atoms with Gasteiger partial charge in [-0.2, -0.15) is 0 Å². The van der Waals surface area contributed by atoms with Crippen molar-refractivity contribution in [3.05, 3.63) is 174 Å². The molecular formula is C48H32N4O. The molecule has 0 spiro atoms. The molecule has 0 saturated heterocycles. The average molecular weight is 681 g/mol. The Morgan fingerprint density at radius 1 is 0.547 bits per heavy atom. The molecule has 0 bridgehead atoms. The fourth-order valence-electron chi connectivity index (χ4n) is 8.58. The summed E-state index contributed by atoms with van der Waals surface area (Å²) in [5.41, 5.74) is 9.30. The van der Waals surface area contributed by atoms with Gasteiger partial charge in [0.15, 0.2) is 17.5 Å². The molecule has 1 aliphatic carbocycles. The summed E-state index contributed by atoms with van der Waals surface area (Å²) in [4.78, 5) is 17.7. The van der Waals surface area contributed by atoms with Gasteiger partial charge in [0.1, 0.15) is 11.2 Å². The molecule has 2 aromatic heterocycles. The van der Waals surface area contributed by atoms with Crippen molar-refractivity contribution in [1.29, 1.82) is 0 Å². The summed E-state index contributed by atoms with van der Waals surface area (Å²) in [5.74, 6) is 1.88. The maximum absolute atomic E-state index is 6.12. The van der Waals surface area contributed by atoms with Crippen molar-refractivity contribution in [2.75, 3.05) is 4.90 Å². The lowest BCUT2D eigenvalue weighted by atomic mass is 9.80. The highest BCUT2D eigenvalue weighted by molar-refractivity contribution is 6.08. The lowest BCUT2D eigenvalue weighted by Gasteiger charge is -2.39. The zero-order valence-corrected chi connectivity index (χ0v) is 29.0. The molecule has 11 rings (SSSR count). The lowest BCUT2D eigenvalue weighted by molar-refractivity contribution is 0.618. The fourth-order valence-corrected chi connectivity index (χ4v) is 8.58. The fraction of sp³-hybridized carbons (Fsp3) is 0.0625. The molecule has 0 radical (unpaired) electrons. The second-order valence-corrected chi connectivity index (χ2v) is 14.2. The number of furan rings is 1. The molecule has 9 aromatic rings. The third-order valence-electron chi connectivity index (χ3n) is 11.1. The van der Waals surface area contributed by atoms with E-state index in [-0.39, 0.29) is 5.54 Å². The highest BCUT2D eigenvalue weighted by Crippen LogP contribution is 2.54. The lowest BCUT2D eigenvalue weighted by Crippen LogP contribution is -2.47. The minimum absolute atomic E-state index is 0.265. The quantitative estimate of drug-likeness (QED) is 0.185. The van der Waals surface area contributed by atoms with Crippen molar-refractivity contribution < 1.29 is 4.42 Å². The van der Waals surface area contributed by atoms with E-state index in [1.807, 2.05) is 60.7 Å². The number of nitrogens with zero attached hydrogens (tertiary/aromatic N) is 4. The minimum atomic E-state index is -0.265. The van der Waals surface area contributed by atoms with E-state index < -0.39 is 0 Å². The molecule has 0 fully saturated rings. The van der Waals surface area contributed by atoms with Crippen molar-refractivity contribution in [3.63, 3.8) is 0 Å². The van der Waals surface area contributed by atoms with Gasteiger partial charge in [0.25, 0.3) is 0 Å². The van der Waals surface area contributed by atoms with Crippen LogP contribution in [0.3, 0.4) is 0 Å². The van der Waals surface area contributed by atoms with Crippen LogP contribution in [-0.4, -0.2) is 20.5 Å². The van der Waals surface area contributed by atoms with Gasteiger partial charge in [0.2, 0.25) is 0 Å². The third-order valence-corrected chi connectivity index (χ3v) is 11.1. The van der Waals surface area contributed by atoms with Crippen LogP contribution in [0.25, 0.3) is 78.5 Å². The number of para-hydroxylation sites is 1. The molecule has 0 saturated carbocycles. The molecule has 53 heavy (non-hydrogen) atoms. The summed E-state index contributed by atoms with van der Waals surface area (Å²) in [6.07, 6.45) is 3.30. The number of benzene rings is 7. The van der Waals surface area contributed by atoms with Gasteiger partial charge in [-0.15, -0.1) is 0 Å². The Morgan fingerprint density at radius 3 is 2.02 bits per heavy atom. The van der Waals surface area contributed by atoms with Crippen molar-refractivity contribution in [1.82, 2.24) is 15.0 Å². The van der Waals surface area contributed by atoms with E-state index in [2.05, 4.69) is 115 Å². The van der Waals surface area contributed by atoms with E-state index in [0.717, 1.165) is 50.7 Å². The van der Waals surface area contributed by atoms with E-state index in [1.54, 1.807) is 0 Å². The molecule has 3 heterocycles. The monoisotopic (exact) mass is 680 g/mol. The Balaban J connectivity index is 1.06. The Kier molecular flexibility index (Phi) is 6.38. The van der Waals surface area contributed by atoms with Crippen LogP contribution < -0.4 is 15.3 Å². The summed E-state index contributed by atoms with van der Waals surface area (Å²) in [7, 11) is 0. The predicted molar refractivity (Wildman–Crippen MR) is 215 cm³/mol. The Bertz CT molecular complexity index is 3060. The average Bonchev–Trinajstić information content (AvgIpc) is 3.73. The first-order chi connectivity index (χ1) is 26.1. The van der Waals surface area contributed by atoms with Gasteiger partial charge >= 0.3 is 0 Å². The Labute approximate surface area is 305 Å². The zero-order chi connectivity index (χ0) is 35.1. The van der Waals surface area contributed by atoms with E-state index in [0.29, 0.717) is 17.5 Å². The van der Waals surface area contributed by atoms with Crippen LogP contribution >= 0.6 is 0 Å². The van der Waals surface area contributed by atoms with Crippen LogP contribution in [0.1, 0.15) is 18.9 Å². The van der Waals surface area contributed by atoms with Crippen LogP contribution in [0.15, 0.2) is 162 Å². The van der Waals surface area contributed by atoms with E-state index >= 15 is 0 Å². The second-order valence-electron chi connectivity index (χ2n) is 14.2. The van der Waals surface area contributed by atoms with Gasteiger partial charge < -0.3 is 9.32 Å². The number of anilines is 2. The molecule has 250 valence electrons. The Hall–Kier alpha value is -6.85. The molecule has 2 aliphatic rings. The van der Waals surface area contributed by atoms with Crippen LogP contribution in [0.4, 0.5) is 11.4 Å². The van der Waals surface area contributed by atoms with E-state index in [9.17, 15) is 0 Å². The maximum Gasteiger partial charge on any atom is 0.164 e. The number of rotatable bonds is 4. The first-order valence-electron chi connectivity index (χ1n) is 18.1. The van der Waals surface area contributed by atoms with Gasteiger partial charge in [0.05, 0.1) is 11.2 Å². The number of hydrogen-bond acceptors (Lipinski definition) is 5. The van der Waals surface area contributed by atoms with Gasteiger partial charge in [-0.05, 0) is 94.7 Å². The van der Waals surface area contributed by atoms with E-state index in [1.165, 1.54) is 38.0 Å². The number of fused-ring (bicyclic) bond motifs is 9. The Morgan fingerprint density at radius 2 is 1.19 bits per heavy atom. The topological polar surface area (TPSA) is 55.1 Å². The normalized spacial score (nSPS) is 16.1. The second kappa shape index (κ2) is 11.3. The highest BCUT2D eigenvalue weighted by atomic mass is 16.3. The zero-order valence-electron chi connectivity index (χ0n) is 29.0. The van der Waals surface area contributed by atoms with Gasteiger partial charge in [0, 0.05) is 38.7 Å². The predicted octanol–water partition coefficient (Wildman–Crippen LogP) is 10.2. The molecule has 5 heteroatoms. The van der Waals surface area contributed by atoms with Crippen LogP contribution in [0.5, 0.6) is 0 Å². The molecule has 1 atom stereocenters. The molecule has 0 amide bonds. The molecule has 5 nitrogen and oxygen atoms in total. The van der Waals surface area contributed by atoms with Crippen LogP contribution in [0, 0.1) is 0 Å². The van der Waals surface area contributed by atoms with E-state index in [4.69, 9.17) is 19.4 Å². The van der Waals surface area contributed by atoms with Crippen molar-refractivity contribution >= 4 is 55.7 Å². The van der Waals surface area contributed by atoms with Gasteiger partial charge in [-0.1, -0.05) is 109 Å². The molecular weight excluding hydrogens is 649 g/mol. The van der Waals surface area contributed by atoms with Crippen molar-refractivity contribution in [3.8, 4) is 34.2 Å². The summed E-state index contributed by atoms with van der Waals surface area (Å²) in [5, 5.41) is 7.26. The van der Waals surface area contributed by atoms with Crippen LogP contribution in [-0.2, 0) is 0 Å². The number of hydrogen-bond donors (Lipinski definition) is 0. The standard InChI is InChI=1S/C48H32N4O/c1-48-28-27-31-12-6-8-16-37(31)44(48)43-36-15-7-5-11-30(36)21-25-40(43)52(48)35-23-19-33(20-24-35)46-49-45(32-13-3-2-4-14-32)50-47(51-46)34-22-26-42-39(29-34)38-17-9-10-18-41(38)53-42/h2-27,29H,28H2,1H3. The van der Waals surface area contributed by atoms with Crippen LogP contribution in [0.2, 0.25) is 0 Å². The first kappa shape index (κ1) is 29.8. The smallest absolute Gasteiger partial charge is 0.164 e.